The van der Waals surface area contributed by atoms with Gasteiger partial charge < -0.3 is 5.32 Å². The van der Waals surface area contributed by atoms with E-state index in [0.29, 0.717) is 6.07 Å². The van der Waals surface area contributed by atoms with Gasteiger partial charge in [0.15, 0.2) is 23.2 Å². The van der Waals surface area contributed by atoms with Crippen molar-refractivity contribution in [2.24, 2.45) is 0 Å². The molecule has 0 radical (unpaired) electrons. The summed E-state index contributed by atoms with van der Waals surface area (Å²) < 4.78 is 39.1. The zero-order valence-corrected chi connectivity index (χ0v) is 7.62. The van der Waals surface area contributed by atoms with Crippen LogP contribution in [0.5, 0.6) is 0 Å². The molecular formula is C9H8F3NO. The van der Waals surface area contributed by atoms with Gasteiger partial charge in [-0.05, 0) is 6.92 Å². The van der Waals surface area contributed by atoms with Crippen molar-refractivity contribution in [3.05, 3.63) is 29.1 Å². The van der Waals surface area contributed by atoms with Crippen LogP contribution in [0.4, 0.5) is 18.9 Å². The maximum Gasteiger partial charge on any atom is 0.172 e. The van der Waals surface area contributed by atoms with E-state index in [1.807, 2.05) is 0 Å². The zero-order chi connectivity index (χ0) is 10.9. The van der Waals surface area contributed by atoms with Gasteiger partial charge in [0.25, 0.3) is 0 Å². The first kappa shape index (κ1) is 10.6. The Morgan fingerprint density at radius 2 is 1.86 bits per heavy atom. The average molecular weight is 203 g/mol. The molecule has 14 heavy (non-hydrogen) atoms. The molecule has 0 aliphatic rings. The molecule has 0 amide bonds. The van der Waals surface area contributed by atoms with Crippen molar-refractivity contribution >= 4 is 11.5 Å². The molecule has 5 heteroatoms. The van der Waals surface area contributed by atoms with Crippen LogP contribution in [-0.2, 0) is 0 Å². The minimum atomic E-state index is -1.45. The molecule has 0 saturated carbocycles. The van der Waals surface area contributed by atoms with Crippen LogP contribution in [0.1, 0.15) is 17.3 Å². The van der Waals surface area contributed by atoms with E-state index in [1.165, 1.54) is 7.05 Å². The Hall–Kier alpha value is -1.52. The molecule has 1 N–H and O–H groups in total. The molecule has 76 valence electrons. The monoisotopic (exact) mass is 203 g/mol. The standard InChI is InChI=1S/C9H8F3NO/c1-4(14)7-8(11)5(10)3-6(13-2)9(7)12/h3,13H,1-2H3. The Kier molecular flexibility index (Phi) is 2.78. The third kappa shape index (κ3) is 1.57. The van der Waals surface area contributed by atoms with Crippen LogP contribution in [0.15, 0.2) is 6.07 Å². The van der Waals surface area contributed by atoms with Crippen molar-refractivity contribution in [2.75, 3.05) is 12.4 Å². The zero-order valence-electron chi connectivity index (χ0n) is 7.62. The van der Waals surface area contributed by atoms with E-state index >= 15 is 0 Å². The number of carbonyl (C=O) groups is 1. The number of carbonyl (C=O) groups excluding carboxylic acids is 1. The van der Waals surface area contributed by atoms with Crippen molar-refractivity contribution in [1.29, 1.82) is 0 Å². The second-order valence-electron chi connectivity index (χ2n) is 2.72. The van der Waals surface area contributed by atoms with E-state index in [2.05, 4.69) is 5.32 Å². The van der Waals surface area contributed by atoms with Crippen molar-refractivity contribution in [3.63, 3.8) is 0 Å². The van der Waals surface area contributed by atoms with Gasteiger partial charge in [-0.2, -0.15) is 0 Å². The molecule has 1 aromatic rings. The molecule has 1 rings (SSSR count). The van der Waals surface area contributed by atoms with Crippen molar-refractivity contribution in [3.8, 4) is 0 Å². The summed E-state index contributed by atoms with van der Waals surface area (Å²) in [6, 6.07) is 0.664. The average Bonchev–Trinajstić information content (AvgIpc) is 2.11. The molecular weight excluding hydrogens is 195 g/mol. The van der Waals surface area contributed by atoms with Gasteiger partial charge in [0.1, 0.15) is 0 Å². The molecule has 0 aliphatic heterocycles. The van der Waals surface area contributed by atoms with Crippen LogP contribution in [0.3, 0.4) is 0 Å². The van der Waals surface area contributed by atoms with Crippen molar-refractivity contribution in [1.82, 2.24) is 0 Å². The summed E-state index contributed by atoms with van der Waals surface area (Å²) in [5, 5.41) is 2.32. The largest absolute Gasteiger partial charge is 0.386 e. The van der Waals surface area contributed by atoms with E-state index in [1.54, 1.807) is 0 Å². The van der Waals surface area contributed by atoms with Crippen LogP contribution in [-0.4, -0.2) is 12.8 Å². The van der Waals surface area contributed by atoms with Gasteiger partial charge in [0.05, 0.1) is 11.3 Å². The van der Waals surface area contributed by atoms with Crippen LogP contribution >= 0.6 is 0 Å². The van der Waals surface area contributed by atoms with Gasteiger partial charge in [-0.1, -0.05) is 0 Å². The molecule has 0 atom stereocenters. The minimum Gasteiger partial charge on any atom is -0.386 e. The van der Waals surface area contributed by atoms with Gasteiger partial charge >= 0.3 is 0 Å². The summed E-state index contributed by atoms with van der Waals surface area (Å²) in [5.74, 6) is -4.62. The first-order chi connectivity index (χ1) is 6.49. The highest BCUT2D eigenvalue weighted by Gasteiger charge is 2.21. The predicted octanol–water partition coefficient (Wildman–Crippen LogP) is 2.35. The second-order valence-corrected chi connectivity index (χ2v) is 2.72. The summed E-state index contributed by atoms with van der Waals surface area (Å²) >= 11 is 0. The van der Waals surface area contributed by atoms with Crippen LogP contribution in [0, 0.1) is 17.5 Å². The molecule has 1 aromatic carbocycles. The molecule has 0 heterocycles. The highest BCUT2D eigenvalue weighted by molar-refractivity contribution is 5.95. The first-order valence-corrected chi connectivity index (χ1v) is 3.85. The molecule has 2 nitrogen and oxygen atoms in total. The quantitative estimate of drug-likeness (QED) is 0.590. The number of rotatable bonds is 2. The molecule has 0 spiro atoms. The smallest absolute Gasteiger partial charge is 0.172 e. The maximum atomic E-state index is 13.3. The van der Waals surface area contributed by atoms with Gasteiger partial charge in [0.2, 0.25) is 0 Å². The first-order valence-electron chi connectivity index (χ1n) is 3.85. The lowest BCUT2D eigenvalue weighted by Crippen LogP contribution is -2.07. The van der Waals surface area contributed by atoms with E-state index in [9.17, 15) is 18.0 Å². The third-order valence-electron chi connectivity index (χ3n) is 1.78. The van der Waals surface area contributed by atoms with Gasteiger partial charge in [-0.25, -0.2) is 13.2 Å². The maximum absolute atomic E-state index is 13.3. The number of Topliss-reactive ketones (excluding diaryl/α,β-unsaturated/α-hetero) is 1. The number of hydrogen-bond donors (Lipinski definition) is 1. The minimum absolute atomic E-state index is 0.242. The molecule has 0 aromatic heterocycles. The summed E-state index contributed by atoms with van der Waals surface area (Å²) in [6.45, 7) is 0.973. The second kappa shape index (κ2) is 3.69. The highest BCUT2D eigenvalue weighted by atomic mass is 19.2. The number of hydrogen-bond acceptors (Lipinski definition) is 2. The van der Waals surface area contributed by atoms with Gasteiger partial charge in [0, 0.05) is 13.1 Å². The van der Waals surface area contributed by atoms with E-state index in [-0.39, 0.29) is 5.69 Å². The van der Waals surface area contributed by atoms with Crippen LogP contribution < -0.4 is 5.32 Å². The fraction of sp³-hybridized carbons (Fsp3) is 0.222. The Balaban J connectivity index is 3.53. The summed E-state index contributed by atoms with van der Waals surface area (Å²) in [4.78, 5) is 10.8. The molecule has 0 aliphatic carbocycles. The topological polar surface area (TPSA) is 29.1 Å². The van der Waals surface area contributed by atoms with Crippen molar-refractivity contribution < 1.29 is 18.0 Å². The lowest BCUT2D eigenvalue weighted by Gasteiger charge is -2.07. The van der Waals surface area contributed by atoms with E-state index in [0.717, 1.165) is 6.92 Å². The Morgan fingerprint density at radius 1 is 1.29 bits per heavy atom. The molecule has 0 fully saturated rings. The van der Waals surface area contributed by atoms with Gasteiger partial charge in [-0.3, -0.25) is 4.79 Å². The Bertz CT molecular complexity index is 390. The number of anilines is 1. The predicted molar refractivity (Wildman–Crippen MR) is 45.9 cm³/mol. The lowest BCUT2D eigenvalue weighted by atomic mass is 10.1. The lowest BCUT2D eigenvalue weighted by molar-refractivity contribution is 0.100. The summed E-state index contributed by atoms with van der Waals surface area (Å²) in [5.41, 5.74) is -1.09. The molecule has 0 saturated heterocycles. The Morgan fingerprint density at radius 3 is 2.29 bits per heavy atom. The number of halogens is 3. The molecule has 0 unspecified atom stereocenters. The molecule has 0 bridgehead atoms. The van der Waals surface area contributed by atoms with E-state index in [4.69, 9.17) is 0 Å². The summed E-state index contributed by atoms with van der Waals surface area (Å²) in [7, 11) is 1.35. The van der Waals surface area contributed by atoms with Crippen LogP contribution in [0.25, 0.3) is 0 Å². The number of ketones is 1. The van der Waals surface area contributed by atoms with Gasteiger partial charge in [-0.15, -0.1) is 0 Å². The van der Waals surface area contributed by atoms with Crippen LogP contribution in [0.2, 0.25) is 0 Å². The van der Waals surface area contributed by atoms with E-state index < -0.39 is 28.8 Å². The SMILES string of the molecule is CNc1cc(F)c(F)c(C(C)=O)c1F. The normalized spacial score (nSPS) is 10.1. The highest BCUT2D eigenvalue weighted by Crippen LogP contribution is 2.23. The Labute approximate surface area is 78.7 Å². The fourth-order valence-electron chi connectivity index (χ4n) is 1.09. The summed E-state index contributed by atoms with van der Waals surface area (Å²) in [6.07, 6.45) is 0. The third-order valence-corrected chi connectivity index (χ3v) is 1.78. The van der Waals surface area contributed by atoms with Crippen molar-refractivity contribution in [2.45, 2.75) is 6.92 Å². The fourth-order valence-corrected chi connectivity index (χ4v) is 1.09. The number of benzene rings is 1. The number of nitrogens with one attached hydrogen (secondary N) is 1.